The molecule has 0 saturated heterocycles. The number of carbonyl (C=O) groups is 2. The number of anilines is 1. The van der Waals surface area contributed by atoms with Crippen molar-refractivity contribution in [2.45, 2.75) is 51.6 Å². The predicted molar refractivity (Wildman–Crippen MR) is 101 cm³/mol. The molecule has 5 rings (SSSR count). The maximum atomic E-state index is 12.9. The summed E-state index contributed by atoms with van der Waals surface area (Å²) >= 11 is 11.9. The molecule has 6 heteroatoms. The molecule has 4 fully saturated rings. The van der Waals surface area contributed by atoms with E-state index in [1.54, 1.807) is 25.1 Å². The normalized spacial score (nSPS) is 33.0. The Morgan fingerprint density at radius 2 is 1.54 bits per heavy atom. The topological polar surface area (TPSA) is 55.4 Å². The largest absolute Gasteiger partial charge is 0.452 e. The summed E-state index contributed by atoms with van der Waals surface area (Å²) in [6.45, 7) is 1.61. The van der Waals surface area contributed by atoms with Gasteiger partial charge in [-0.2, -0.15) is 0 Å². The fourth-order valence-electron chi connectivity index (χ4n) is 5.57. The maximum Gasteiger partial charge on any atom is 0.312 e. The summed E-state index contributed by atoms with van der Waals surface area (Å²) in [5.41, 5.74) is 0.132. The van der Waals surface area contributed by atoms with Gasteiger partial charge in [0.25, 0.3) is 5.91 Å². The van der Waals surface area contributed by atoms with Gasteiger partial charge in [-0.05, 0) is 81.4 Å². The summed E-state index contributed by atoms with van der Waals surface area (Å²) in [4.78, 5) is 25.4. The van der Waals surface area contributed by atoms with Gasteiger partial charge in [0.2, 0.25) is 0 Å². The lowest BCUT2D eigenvalue weighted by molar-refractivity contribution is -0.177. The first-order valence-electron chi connectivity index (χ1n) is 9.31. The van der Waals surface area contributed by atoms with E-state index in [9.17, 15) is 9.59 Å². The first kappa shape index (κ1) is 18.1. The molecule has 1 aromatic rings. The van der Waals surface area contributed by atoms with Crippen molar-refractivity contribution >= 4 is 40.8 Å². The smallest absolute Gasteiger partial charge is 0.312 e. The number of benzene rings is 1. The lowest BCUT2D eigenvalue weighted by atomic mass is 9.49. The second-order valence-corrected chi connectivity index (χ2v) is 9.27. The molecule has 1 aromatic carbocycles. The average molecular weight is 396 g/mol. The number of ether oxygens (including phenoxy) is 1. The van der Waals surface area contributed by atoms with Gasteiger partial charge in [-0.15, -0.1) is 0 Å². The van der Waals surface area contributed by atoms with Gasteiger partial charge in [0.05, 0.1) is 5.41 Å². The fourth-order valence-corrected chi connectivity index (χ4v) is 6.10. The van der Waals surface area contributed by atoms with Gasteiger partial charge in [-0.1, -0.05) is 23.2 Å². The van der Waals surface area contributed by atoms with Crippen LogP contribution in [0.5, 0.6) is 0 Å². The van der Waals surface area contributed by atoms with E-state index in [1.165, 1.54) is 19.3 Å². The molecule has 4 aliphatic rings. The van der Waals surface area contributed by atoms with Gasteiger partial charge in [-0.3, -0.25) is 9.59 Å². The van der Waals surface area contributed by atoms with Crippen molar-refractivity contribution in [3.8, 4) is 0 Å². The van der Waals surface area contributed by atoms with Crippen molar-refractivity contribution < 1.29 is 14.3 Å². The molecule has 0 unspecified atom stereocenters. The van der Waals surface area contributed by atoms with Crippen molar-refractivity contribution in [1.29, 1.82) is 0 Å². The number of hydrogen-bond donors (Lipinski definition) is 1. The number of halogens is 2. The van der Waals surface area contributed by atoms with Crippen LogP contribution in [0.25, 0.3) is 0 Å². The quantitative estimate of drug-likeness (QED) is 0.723. The molecule has 0 heterocycles. The first-order valence-corrected chi connectivity index (χ1v) is 10.1. The molecule has 1 N–H and O–H groups in total. The molecule has 4 nitrogen and oxygen atoms in total. The number of nitrogens with one attached hydrogen (secondary N) is 1. The van der Waals surface area contributed by atoms with E-state index in [2.05, 4.69) is 5.32 Å². The molecular formula is C20H23Cl2NO3. The monoisotopic (exact) mass is 395 g/mol. The Hall–Kier alpha value is -1.26. The molecule has 0 aromatic heterocycles. The highest BCUT2D eigenvalue weighted by Gasteiger charge is 2.55. The summed E-state index contributed by atoms with van der Waals surface area (Å²) in [5, 5.41) is 3.59. The van der Waals surface area contributed by atoms with Gasteiger partial charge in [0.1, 0.15) is 0 Å². The number of carbonyl (C=O) groups excluding carboxylic acids is 2. The summed E-state index contributed by atoms with van der Waals surface area (Å²) < 4.78 is 5.61. The Morgan fingerprint density at radius 3 is 2.04 bits per heavy atom. The molecule has 140 valence electrons. The number of amides is 1. The van der Waals surface area contributed by atoms with Crippen LogP contribution >= 0.6 is 23.2 Å². The Morgan fingerprint density at radius 1 is 1.04 bits per heavy atom. The zero-order chi connectivity index (χ0) is 18.5. The number of esters is 1. The van der Waals surface area contributed by atoms with Crippen LogP contribution < -0.4 is 5.32 Å². The third-order valence-corrected chi connectivity index (χ3v) is 6.69. The standard InChI is InChI=1S/C20H23Cl2NO3/c1-11(18(24)23-17-6-15(21)5-16(22)7-17)26-19(25)20-8-12-2-13(9-20)4-14(3-12)10-20/h5-7,11-14H,2-4,8-10H2,1H3,(H,23,24)/t11-,12?,13?,14?,20?/m0/s1. The van der Waals surface area contributed by atoms with E-state index in [0.717, 1.165) is 19.3 Å². The zero-order valence-electron chi connectivity index (χ0n) is 14.8. The third-order valence-electron chi connectivity index (χ3n) is 6.25. The second-order valence-electron chi connectivity index (χ2n) is 8.39. The van der Waals surface area contributed by atoms with Crippen LogP contribution in [0.15, 0.2) is 18.2 Å². The molecule has 26 heavy (non-hydrogen) atoms. The fraction of sp³-hybridized carbons (Fsp3) is 0.600. The Labute approximate surface area is 163 Å². The van der Waals surface area contributed by atoms with Gasteiger partial charge in [0.15, 0.2) is 6.10 Å². The summed E-state index contributed by atoms with van der Waals surface area (Å²) in [7, 11) is 0. The van der Waals surface area contributed by atoms with E-state index >= 15 is 0 Å². The summed E-state index contributed by atoms with van der Waals surface area (Å²) in [6.07, 6.45) is 5.71. The van der Waals surface area contributed by atoms with E-state index in [0.29, 0.717) is 33.5 Å². The van der Waals surface area contributed by atoms with Crippen LogP contribution in [0.4, 0.5) is 5.69 Å². The first-order chi connectivity index (χ1) is 12.3. The molecule has 4 saturated carbocycles. The molecule has 0 radical (unpaired) electrons. The highest BCUT2D eigenvalue weighted by molar-refractivity contribution is 6.35. The van der Waals surface area contributed by atoms with Crippen molar-refractivity contribution in [3.63, 3.8) is 0 Å². The summed E-state index contributed by atoms with van der Waals surface area (Å²) in [5.74, 6) is 1.41. The van der Waals surface area contributed by atoms with E-state index in [4.69, 9.17) is 27.9 Å². The van der Waals surface area contributed by atoms with Crippen molar-refractivity contribution in [1.82, 2.24) is 0 Å². The van der Waals surface area contributed by atoms with E-state index < -0.39 is 6.10 Å². The van der Waals surface area contributed by atoms with Crippen LogP contribution in [-0.2, 0) is 14.3 Å². The van der Waals surface area contributed by atoms with E-state index in [1.807, 2.05) is 0 Å². The third kappa shape index (κ3) is 3.46. The molecule has 0 aliphatic heterocycles. The SMILES string of the molecule is C[C@H](OC(=O)C12CC3CC(CC(C3)C1)C2)C(=O)Nc1cc(Cl)cc(Cl)c1. The molecule has 1 amide bonds. The predicted octanol–water partition coefficient (Wildman–Crippen LogP) is 5.08. The van der Waals surface area contributed by atoms with E-state index in [-0.39, 0.29) is 17.3 Å². The van der Waals surface area contributed by atoms with Gasteiger partial charge in [-0.25, -0.2) is 0 Å². The molecule has 4 aliphatic carbocycles. The molecule has 0 spiro atoms. The van der Waals surface area contributed by atoms with Crippen molar-refractivity contribution in [3.05, 3.63) is 28.2 Å². The van der Waals surface area contributed by atoms with Crippen LogP contribution in [0, 0.1) is 23.2 Å². The van der Waals surface area contributed by atoms with Gasteiger partial charge in [0, 0.05) is 15.7 Å². The minimum Gasteiger partial charge on any atom is -0.452 e. The van der Waals surface area contributed by atoms with Crippen LogP contribution in [0.2, 0.25) is 10.0 Å². The molecule has 1 atom stereocenters. The number of hydrogen-bond acceptors (Lipinski definition) is 3. The second kappa shape index (κ2) is 6.72. The van der Waals surface area contributed by atoms with Gasteiger partial charge >= 0.3 is 5.97 Å². The Bertz CT molecular complexity index is 693. The Balaban J connectivity index is 1.40. The minimum atomic E-state index is -0.853. The van der Waals surface area contributed by atoms with Crippen LogP contribution in [0.3, 0.4) is 0 Å². The van der Waals surface area contributed by atoms with Crippen molar-refractivity contribution in [2.24, 2.45) is 23.2 Å². The number of rotatable bonds is 4. The highest BCUT2D eigenvalue weighted by Crippen LogP contribution is 2.60. The lowest BCUT2D eigenvalue weighted by Gasteiger charge is -2.55. The highest BCUT2D eigenvalue weighted by atomic mass is 35.5. The maximum absolute atomic E-state index is 12.9. The van der Waals surface area contributed by atoms with Gasteiger partial charge < -0.3 is 10.1 Å². The Kier molecular flexibility index (Phi) is 4.68. The lowest BCUT2D eigenvalue weighted by Crippen LogP contribution is -2.51. The van der Waals surface area contributed by atoms with Crippen LogP contribution in [-0.4, -0.2) is 18.0 Å². The average Bonchev–Trinajstić information content (AvgIpc) is 2.52. The summed E-state index contributed by atoms with van der Waals surface area (Å²) in [6, 6.07) is 4.81. The van der Waals surface area contributed by atoms with Crippen LogP contribution in [0.1, 0.15) is 45.4 Å². The molecular weight excluding hydrogens is 373 g/mol. The minimum absolute atomic E-state index is 0.191. The van der Waals surface area contributed by atoms with Crippen molar-refractivity contribution in [2.75, 3.05) is 5.32 Å². The molecule has 4 bridgehead atoms. The zero-order valence-corrected chi connectivity index (χ0v) is 16.3.